The largest absolute Gasteiger partial charge is 0.489 e. The molecule has 0 atom stereocenters. The van der Waals surface area contributed by atoms with Crippen molar-refractivity contribution in [2.45, 2.75) is 19.9 Å². The first-order chi connectivity index (χ1) is 9.56. The molecule has 1 aromatic carbocycles. The Morgan fingerprint density at radius 1 is 1.40 bits per heavy atom. The Kier molecular flexibility index (Phi) is 5.64. The molecule has 2 rings (SSSR count). The van der Waals surface area contributed by atoms with E-state index in [1.807, 2.05) is 12.1 Å². The van der Waals surface area contributed by atoms with Crippen molar-refractivity contribution in [2.24, 2.45) is 0 Å². The van der Waals surface area contributed by atoms with Gasteiger partial charge in [-0.25, -0.2) is 0 Å². The Balaban J connectivity index is 1.83. The number of hydrogen-bond donors (Lipinski definition) is 1. The summed E-state index contributed by atoms with van der Waals surface area (Å²) in [6.07, 6.45) is 2.22. The molecule has 4 heteroatoms. The number of likely N-dealkylation sites (N-methyl/N-ethyl adjacent to an activating group) is 1. The van der Waals surface area contributed by atoms with E-state index in [2.05, 4.69) is 59.2 Å². The van der Waals surface area contributed by atoms with Crippen LogP contribution in [-0.2, 0) is 0 Å². The summed E-state index contributed by atoms with van der Waals surface area (Å²) in [5.41, 5.74) is 2.45. The van der Waals surface area contributed by atoms with Gasteiger partial charge in [-0.1, -0.05) is 15.9 Å². The van der Waals surface area contributed by atoms with Gasteiger partial charge in [0.1, 0.15) is 12.4 Å². The summed E-state index contributed by atoms with van der Waals surface area (Å²) in [6, 6.07) is 6.72. The molecule has 110 valence electrons. The van der Waals surface area contributed by atoms with Crippen molar-refractivity contribution in [1.82, 2.24) is 10.2 Å². The molecule has 0 unspecified atom stereocenters. The predicted molar refractivity (Wildman–Crippen MR) is 88.2 cm³/mol. The molecule has 0 bridgehead atoms. The Hall–Kier alpha value is -0.840. The second-order valence-electron chi connectivity index (χ2n) is 5.52. The molecule has 0 aromatic heterocycles. The van der Waals surface area contributed by atoms with Crippen LogP contribution in [0.2, 0.25) is 0 Å². The molecule has 1 aliphatic heterocycles. The van der Waals surface area contributed by atoms with Crippen molar-refractivity contribution in [2.75, 3.05) is 33.3 Å². The molecule has 0 radical (unpaired) electrons. The maximum absolute atomic E-state index is 5.77. The standard InChI is InChI=1S/C16H23BrN2O/c1-12(2)19(3)7-6-18-10-13-8-14-9-15(17)4-5-16(14)20-11-13/h4-5,8-9,12,18H,6-7,10-11H2,1-3H3. The summed E-state index contributed by atoms with van der Waals surface area (Å²) in [7, 11) is 2.16. The predicted octanol–water partition coefficient (Wildman–Crippen LogP) is 3.15. The van der Waals surface area contributed by atoms with E-state index in [4.69, 9.17) is 4.74 Å². The van der Waals surface area contributed by atoms with Crippen LogP contribution in [0.4, 0.5) is 0 Å². The zero-order valence-electron chi connectivity index (χ0n) is 12.4. The van der Waals surface area contributed by atoms with Gasteiger partial charge in [0.15, 0.2) is 0 Å². The summed E-state index contributed by atoms with van der Waals surface area (Å²) in [4.78, 5) is 2.34. The van der Waals surface area contributed by atoms with Gasteiger partial charge in [0.05, 0.1) is 0 Å². The van der Waals surface area contributed by atoms with Crippen LogP contribution in [0.3, 0.4) is 0 Å². The van der Waals surface area contributed by atoms with Crippen LogP contribution in [0, 0.1) is 0 Å². The highest BCUT2D eigenvalue weighted by Gasteiger charge is 2.11. The van der Waals surface area contributed by atoms with Gasteiger partial charge < -0.3 is 15.0 Å². The van der Waals surface area contributed by atoms with Gasteiger partial charge in [-0.3, -0.25) is 0 Å². The highest BCUT2D eigenvalue weighted by molar-refractivity contribution is 9.10. The first kappa shape index (κ1) is 15.5. The van der Waals surface area contributed by atoms with Gasteiger partial charge in [-0.2, -0.15) is 0 Å². The molecule has 1 aromatic rings. The molecule has 1 aliphatic rings. The topological polar surface area (TPSA) is 24.5 Å². The SMILES string of the molecule is CC(C)N(C)CCNCC1=Cc2cc(Br)ccc2OC1. The summed E-state index contributed by atoms with van der Waals surface area (Å²) in [5.74, 6) is 0.969. The first-order valence-electron chi connectivity index (χ1n) is 7.09. The Morgan fingerprint density at radius 2 is 2.20 bits per heavy atom. The Bertz CT molecular complexity index is 485. The number of nitrogens with zero attached hydrogens (tertiary/aromatic N) is 1. The van der Waals surface area contributed by atoms with Crippen molar-refractivity contribution in [3.05, 3.63) is 33.8 Å². The fraction of sp³-hybridized carbons (Fsp3) is 0.500. The summed E-state index contributed by atoms with van der Waals surface area (Å²) in [6.45, 7) is 8.06. The molecule has 0 saturated heterocycles. The van der Waals surface area contributed by atoms with Crippen LogP contribution < -0.4 is 10.1 Å². The van der Waals surface area contributed by atoms with Crippen molar-refractivity contribution in [1.29, 1.82) is 0 Å². The van der Waals surface area contributed by atoms with Crippen molar-refractivity contribution in [3.63, 3.8) is 0 Å². The maximum atomic E-state index is 5.77. The third-order valence-electron chi connectivity index (χ3n) is 3.62. The van der Waals surface area contributed by atoms with Crippen LogP contribution in [-0.4, -0.2) is 44.2 Å². The van der Waals surface area contributed by atoms with Gasteiger partial charge in [0.25, 0.3) is 0 Å². The highest BCUT2D eigenvalue weighted by Crippen LogP contribution is 2.28. The molecule has 3 nitrogen and oxygen atoms in total. The van der Waals surface area contributed by atoms with Gasteiger partial charge in [0, 0.05) is 35.7 Å². The summed E-state index contributed by atoms with van der Waals surface area (Å²) in [5, 5.41) is 3.48. The van der Waals surface area contributed by atoms with E-state index in [9.17, 15) is 0 Å². The van der Waals surface area contributed by atoms with Crippen molar-refractivity contribution >= 4 is 22.0 Å². The normalized spacial score (nSPS) is 14.2. The van der Waals surface area contributed by atoms with Crippen LogP contribution in [0.15, 0.2) is 28.2 Å². The van der Waals surface area contributed by atoms with E-state index in [0.717, 1.165) is 35.4 Å². The molecular formula is C16H23BrN2O. The van der Waals surface area contributed by atoms with Crippen LogP contribution in [0.5, 0.6) is 5.75 Å². The molecule has 1 N–H and O–H groups in total. The molecule has 0 amide bonds. The van der Waals surface area contributed by atoms with E-state index in [1.54, 1.807) is 0 Å². The van der Waals surface area contributed by atoms with Gasteiger partial charge in [-0.05, 0) is 50.7 Å². The number of ether oxygens (including phenoxy) is 1. The average molecular weight is 339 g/mol. The van der Waals surface area contributed by atoms with Crippen LogP contribution >= 0.6 is 15.9 Å². The summed E-state index contributed by atoms with van der Waals surface area (Å²) < 4.78 is 6.85. The molecule has 20 heavy (non-hydrogen) atoms. The average Bonchev–Trinajstić information content (AvgIpc) is 2.42. The van der Waals surface area contributed by atoms with Crippen LogP contribution in [0.1, 0.15) is 19.4 Å². The van der Waals surface area contributed by atoms with Crippen molar-refractivity contribution < 1.29 is 4.74 Å². The Labute approximate surface area is 130 Å². The number of fused-ring (bicyclic) bond motifs is 1. The molecular weight excluding hydrogens is 316 g/mol. The minimum absolute atomic E-state index is 0.596. The maximum Gasteiger partial charge on any atom is 0.127 e. The van der Waals surface area contributed by atoms with E-state index >= 15 is 0 Å². The number of rotatable bonds is 6. The highest BCUT2D eigenvalue weighted by atomic mass is 79.9. The van der Waals surface area contributed by atoms with Crippen molar-refractivity contribution in [3.8, 4) is 5.75 Å². The number of nitrogens with one attached hydrogen (secondary N) is 1. The number of benzene rings is 1. The second-order valence-corrected chi connectivity index (χ2v) is 6.44. The lowest BCUT2D eigenvalue weighted by atomic mass is 10.1. The number of hydrogen-bond acceptors (Lipinski definition) is 3. The van der Waals surface area contributed by atoms with E-state index in [-0.39, 0.29) is 0 Å². The zero-order valence-corrected chi connectivity index (χ0v) is 14.0. The summed E-state index contributed by atoms with van der Waals surface area (Å²) >= 11 is 3.50. The smallest absolute Gasteiger partial charge is 0.127 e. The monoisotopic (exact) mass is 338 g/mol. The molecule has 0 fully saturated rings. The fourth-order valence-electron chi connectivity index (χ4n) is 2.06. The zero-order chi connectivity index (χ0) is 14.5. The quantitative estimate of drug-likeness (QED) is 0.806. The molecule has 0 aliphatic carbocycles. The van der Waals surface area contributed by atoms with Gasteiger partial charge in [-0.15, -0.1) is 0 Å². The van der Waals surface area contributed by atoms with Gasteiger partial charge in [0.2, 0.25) is 0 Å². The third kappa shape index (κ3) is 4.33. The van der Waals surface area contributed by atoms with Crippen LogP contribution in [0.25, 0.3) is 6.08 Å². The molecule has 0 spiro atoms. The van der Waals surface area contributed by atoms with E-state index in [0.29, 0.717) is 12.6 Å². The minimum atomic E-state index is 0.596. The molecule has 0 saturated carbocycles. The first-order valence-corrected chi connectivity index (χ1v) is 7.88. The lowest BCUT2D eigenvalue weighted by Crippen LogP contribution is -2.34. The lowest BCUT2D eigenvalue weighted by molar-refractivity contribution is 0.273. The van der Waals surface area contributed by atoms with Gasteiger partial charge >= 0.3 is 0 Å². The minimum Gasteiger partial charge on any atom is -0.489 e. The number of halogens is 1. The third-order valence-corrected chi connectivity index (χ3v) is 4.11. The second kappa shape index (κ2) is 7.25. The lowest BCUT2D eigenvalue weighted by Gasteiger charge is -2.22. The van der Waals surface area contributed by atoms with E-state index < -0.39 is 0 Å². The fourth-order valence-corrected chi connectivity index (χ4v) is 2.44. The molecule has 1 heterocycles. The van der Waals surface area contributed by atoms with E-state index in [1.165, 1.54) is 5.57 Å². The Morgan fingerprint density at radius 3 is 2.95 bits per heavy atom.